The average molecular weight is 263 g/mol. The fraction of sp³-hybridized carbons (Fsp3) is 0.562. The predicted octanol–water partition coefficient (Wildman–Crippen LogP) is 3.35. The van der Waals surface area contributed by atoms with Crippen LogP contribution in [0.4, 0.5) is 0 Å². The summed E-state index contributed by atoms with van der Waals surface area (Å²) in [6, 6.07) is 3.56. The first-order valence-corrected chi connectivity index (χ1v) is 6.58. The maximum atomic E-state index is 11.9. The highest BCUT2D eigenvalue weighted by Crippen LogP contribution is 2.39. The molecular formula is C16H25NO2. The van der Waals surface area contributed by atoms with Crippen molar-refractivity contribution in [2.24, 2.45) is 0 Å². The maximum absolute atomic E-state index is 11.9. The molecule has 1 aromatic carbocycles. The number of rotatable bonds is 1. The van der Waals surface area contributed by atoms with Crippen molar-refractivity contribution in [1.29, 1.82) is 0 Å². The van der Waals surface area contributed by atoms with Crippen LogP contribution in [0.25, 0.3) is 0 Å². The van der Waals surface area contributed by atoms with E-state index in [0.29, 0.717) is 11.3 Å². The summed E-state index contributed by atoms with van der Waals surface area (Å²) in [5.41, 5.74) is 1.77. The van der Waals surface area contributed by atoms with Gasteiger partial charge in [-0.2, -0.15) is 0 Å². The highest BCUT2D eigenvalue weighted by molar-refractivity contribution is 5.94. The van der Waals surface area contributed by atoms with Gasteiger partial charge in [-0.25, -0.2) is 0 Å². The Balaban J connectivity index is 3.62. The van der Waals surface area contributed by atoms with Gasteiger partial charge in [-0.3, -0.25) is 4.79 Å². The Morgan fingerprint density at radius 1 is 1.00 bits per heavy atom. The standard InChI is InChI=1S/C16H25NO2/c1-15(2,3)11-8-10(14(19)17-7)9-12(13(11)18)16(4,5)6/h8-9,18H,1-7H3,(H,17,19). The summed E-state index contributed by atoms with van der Waals surface area (Å²) in [5.74, 6) is 0.170. The van der Waals surface area contributed by atoms with E-state index in [-0.39, 0.29) is 16.7 Å². The van der Waals surface area contributed by atoms with Crippen molar-refractivity contribution in [3.63, 3.8) is 0 Å². The van der Waals surface area contributed by atoms with E-state index in [1.807, 2.05) is 41.5 Å². The van der Waals surface area contributed by atoms with Crippen molar-refractivity contribution in [1.82, 2.24) is 5.32 Å². The lowest BCUT2D eigenvalue weighted by molar-refractivity contribution is 0.0963. The van der Waals surface area contributed by atoms with Gasteiger partial charge in [0.25, 0.3) is 5.91 Å². The first-order valence-electron chi connectivity index (χ1n) is 6.58. The molecule has 0 atom stereocenters. The number of carbonyl (C=O) groups excluding carboxylic acids is 1. The number of nitrogens with one attached hydrogen (secondary N) is 1. The topological polar surface area (TPSA) is 49.3 Å². The summed E-state index contributed by atoms with van der Waals surface area (Å²) < 4.78 is 0. The molecule has 1 amide bonds. The van der Waals surface area contributed by atoms with Crippen LogP contribution in [-0.4, -0.2) is 18.1 Å². The molecule has 3 heteroatoms. The van der Waals surface area contributed by atoms with E-state index < -0.39 is 0 Å². The molecule has 0 aliphatic rings. The van der Waals surface area contributed by atoms with E-state index in [1.54, 1.807) is 19.2 Å². The lowest BCUT2D eigenvalue weighted by Crippen LogP contribution is -2.22. The summed E-state index contributed by atoms with van der Waals surface area (Å²) in [6.07, 6.45) is 0. The molecule has 0 fully saturated rings. The van der Waals surface area contributed by atoms with Crippen LogP contribution in [0.5, 0.6) is 5.75 Å². The van der Waals surface area contributed by atoms with Gasteiger partial charge in [0.15, 0.2) is 0 Å². The number of phenolic OH excluding ortho intramolecular Hbond substituents is 1. The second-order valence-corrected chi connectivity index (χ2v) is 7.00. The Labute approximate surface area is 116 Å². The number of hydrogen-bond acceptors (Lipinski definition) is 2. The molecule has 0 aliphatic carbocycles. The Hall–Kier alpha value is -1.51. The summed E-state index contributed by atoms with van der Waals surface area (Å²) in [7, 11) is 1.61. The van der Waals surface area contributed by atoms with Crippen molar-refractivity contribution in [3.8, 4) is 5.75 Å². The highest BCUT2D eigenvalue weighted by Gasteiger charge is 2.27. The Morgan fingerprint density at radius 2 is 1.37 bits per heavy atom. The van der Waals surface area contributed by atoms with Gasteiger partial charge < -0.3 is 10.4 Å². The van der Waals surface area contributed by atoms with Crippen LogP contribution in [0.15, 0.2) is 12.1 Å². The molecule has 0 unspecified atom stereocenters. The molecule has 0 radical (unpaired) electrons. The number of carbonyl (C=O) groups is 1. The second-order valence-electron chi connectivity index (χ2n) is 7.00. The zero-order chi connectivity index (χ0) is 15.0. The molecule has 2 N–H and O–H groups in total. The van der Waals surface area contributed by atoms with Crippen LogP contribution in [0.1, 0.15) is 63.0 Å². The largest absolute Gasteiger partial charge is 0.507 e. The minimum Gasteiger partial charge on any atom is -0.507 e. The minimum absolute atomic E-state index is 0.129. The van der Waals surface area contributed by atoms with Crippen LogP contribution >= 0.6 is 0 Å². The molecule has 0 aromatic heterocycles. The molecule has 19 heavy (non-hydrogen) atoms. The summed E-state index contributed by atoms with van der Waals surface area (Å²) in [4.78, 5) is 11.9. The molecule has 1 aromatic rings. The van der Waals surface area contributed by atoms with E-state index in [1.165, 1.54) is 0 Å². The zero-order valence-corrected chi connectivity index (χ0v) is 13.0. The monoisotopic (exact) mass is 263 g/mol. The third kappa shape index (κ3) is 3.28. The number of amides is 1. The van der Waals surface area contributed by atoms with Gasteiger partial charge in [0, 0.05) is 23.7 Å². The molecule has 0 spiro atoms. The molecule has 0 saturated carbocycles. The lowest BCUT2D eigenvalue weighted by Gasteiger charge is -2.28. The fourth-order valence-electron chi connectivity index (χ4n) is 2.05. The lowest BCUT2D eigenvalue weighted by atomic mass is 9.78. The van der Waals surface area contributed by atoms with Crippen LogP contribution in [-0.2, 0) is 10.8 Å². The highest BCUT2D eigenvalue weighted by atomic mass is 16.3. The quantitative estimate of drug-likeness (QED) is 0.816. The number of hydrogen-bond donors (Lipinski definition) is 2. The van der Waals surface area contributed by atoms with Gasteiger partial charge in [0.1, 0.15) is 5.75 Å². The SMILES string of the molecule is CNC(=O)c1cc(C(C)(C)C)c(O)c(C(C)(C)C)c1. The van der Waals surface area contributed by atoms with Crippen molar-refractivity contribution in [2.45, 2.75) is 52.4 Å². The van der Waals surface area contributed by atoms with Crippen molar-refractivity contribution in [3.05, 3.63) is 28.8 Å². The minimum atomic E-state index is -0.214. The third-order valence-electron chi connectivity index (χ3n) is 3.22. The number of benzene rings is 1. The first-order chi connectivity index (χ1) is 8.48. The van der Waals surface area contributed by atoms with Gasteiger partial charge >= 0.3 is 0 Å². The van der Waals surface area contributed by atoms with Gasteiger partial charge in [0.2, 0.25) is 0 Å². The summed E-state index contributed by atoms with van der Waals surface area (Å²) >= 11 is 0. The zero-order valence-electron chi connectivity index (χ0n) is 13.0. The van der Waals surface area contributed by atoms with Crippen LogP contribution in [0.3, 0.4) is 0 Å². The van der Waals surface area contributed by atoms with Crippen LogP contribution < -0.4 is 5.32 Å². The summed E-state index contributed by atoms with van der Waals surface area (Å²) in [6.45, 7) is 12.2. The van der Waals surface area contributed by atoms with Crippen molar-refractivity contribution >= 4 is 5.91 Å². The normalized spacial score (nSPS) is 12.4. The summed E-state index contributed by atoms with van der Waals surface area (Å²) in [5, 5.41) is 13.1. The van der Waals surface area contributed by atoms with E-state index in [2.05, 4.69) is 5.32 Å². The van der Waals surface area contributed by atoms with Gasteiger partial charge in [-0.1, -0.05) is 41.5 Å². The molecular weight excluding hydrogens is 238 g/mol. The Morgan fingerprint density at radius 3 is 1.63 bits per heavy atom. The molecule has 106 valence electrons. The molecule has 0 bridgehead atoms. The average Bonchev–Trinajstić information content (AvgIpc) is 2.25. The third-order valence-corrected chi connectivity index (χ3v) is 3.22. The van der Waals surface area contributed by atoms with E-state index in [0.717, 1.165) is 11.1 Å². The Bertz CT molecular complexity index is 455. The van der Waals surface area contributed by atoms with Gasteiger partial charge in [-0.15, -0.1) is 0 Å². The molecule has 3 nitrogen and oxygen atoms in total. The van der Waals surface area contributed by atoms with Gasteiger partial charge in [-0.05, 0) is 23.0 Å². The molecule has 0 aliphatic heterocycles. The van der Waals surface area contributed by atoms with Crippen LogP contribution in [0.2, 0.25) is 0 Å². The molecule has 0 saturated heterocycles. The number of phenols is 1. The van der Waals surface area contributed by atoms with E-state index in [9.17, 15) is 9.90 Å². The second kappa shape index (κ2) is 4.87. The van der Waals surface area contributed by atoms with Gasteiger partial charge in [0.05, 0.1) is 0 Å². The van der Waals surface area contributed by atoms with E-state index in [4.69, 9.17) is 0 Å². The Kier molecular flexibility index (Phi) is 3.99. The fourth-order valence-corrected chi connectivity index (χ4v) is 2.05. The maximum Gasteiger partial charge on any atom is 0.251 e. The van der Waals surface area contributed by atoms with Crippen molar-refractivity contribution in [2.75, 3.05) is 7.05 Å². The smallest absolute Gasteiger partial charge is 0.251 e. The van der Waals surface area contributed by atoms with Crippen LogP contribution in [0, 0.1) is 0 Å². The predicted molar refractivity (Wildman–Crippen MR) is 78.9 cm³/mol. The molecule has 0 heterocycles. The molecule has 1 rings (SSSR count). The van der Waals surface area contributed by atoms with Crippen molar-refractivity contribution < 1.29 is 9.90 Å². The first kappa shape index (κ1) is 15.5. The number of aromatic hydroxyl groups is 1. The van der Waals surface area contributed by atoms with E-state index >= 15 is 0 Å².